The number of nitrogens with zero attached hydrogens (tertiary/aromatic N) is 4. The van der Waals surface area contributed by atoms with Gasteiger partial charge >= 0.3 is 0 Å². The van der Waals surface area contributed by atoms with E-state index in [0.29, 0.717) is 37.1 Å². The van der Waals surface area contributed by atoms with Gasteiger partial charge in [0.2, 0.25) is 11.8 Å². The summed E-state index contributed by atoms with van der Waals surface area (Å²) in [6, 6.07) is 14.7. The van der Waals surface area contributed by atoms with Crippen LogP contribution in [0.2, 0.25) is 0 Å². The fourth-order valence-corrected chi connectivity index (χ4v) is 5.39. The van der Waals surface area contributed by atoms with Crippen molar-refractivity contribution in [2.45, 2.75) is 25.7 Å². The molecule has 8 nitrogen and oxygen atoms in total. The van der Waals surface area contributed by atoms with Gasteiger partial charge in [0.05, 0.1) is 12.8 Å². The van der Waals surface area contributed by atoms with E-state index in [4.69, 9.17) is 0 Å². The molecule has 0 bridgehead atoms. The molecule has 1 saturated heterocycles. The van der Waals surface area contributed by atoms with Crippen LogP contribution in [-0.2, 0) is 22.4 Å². The quantitative estimate of drug-likeness (QED) is 0.528. The summed E-state index contributed by atoms with van der Waals surface area (Å²) in [7, 11) is 0. The Bertz CT molecular complexity index is 1080. The molecule has 0 radical (unpaired) electrons. The summed E-state index contributed by atoms with van der Waals surface area (Å²) in [5.41, 5.74) is 2.92. The average molecular weight is 489 g/mol. The number of rotatable bonds is 8. The minimum absolute atomic E-state index is 0.113. The van der Waals surface area contributed by atoms with Gasteiger partial charge in [-0.25, -0.2) is 0 Å². The van der Waals surface area contributed by atoms with Crippen LogP contribution < -0.4 is 0 Å². The average Bonchev–Trinajstić information content (AvgIpc) is 2.89. The van der Waals surface area contributed by atoms with Gasteiger partial charge in [-0.3, -0.25) is 29.0 Å². The van der Waals surface area contributed by atoms with Crippen LogP contribution in [0.15, 0.2) is 48.5 Å². The molecular formula is C28H32N4O4. The molecule has 1 fully saturated rings. The zero-order valence-electron chi connectivity index (χ0n) is 20.5. The summed E-state index contributed by atoms with van der Waals surface area (Å²) >= 11 is 0. The van der Waals surface area contributed by atoms with Gasteiger partial charge in [-0.15, -0.1) is 0 Å². The number of fused-ring (bicyclic) bond motifs is 2. The molecule has 0 spiro atoms. The Balaban J connectivity index is 1.02. The van der Waals surface area contributed by atoms with Crippen LogP contribution in [0, 0.1) is 0 Å². The molecule has 36 heavy (non-hydrogen) atoms. The highest BCUT2D eigenvalue weighted by Gasteiger charge is 2.31. The van der Waals surface area contributed by atoms with Crippen molar-refractivity contribution in [3.8, 4) is 0 Å². The normalized spacial score (nSPS) is 19.0. The number of benzene rings is 2. The van der Waals surface area contributed by atoms with E-state index in [1.807, 2.05) is 36.4 Å². The Hall–Kier alpha value is -3.36. The Morgan fingerprint density at radius 2 is 0.917 bits per heavy atom. The minimum atomic E-state index is -0.180. The molecule has 4 amide bonds. The third kappa shape index (κ3) is 5.10. The maximum absolute atomic E-state index is 12.7. The second-order valence-electron chi connectivity index (χ2n) is 9.76. The third-order valence-corrected chi connectivity index (χ3v) is 7.45. The van der Waals surface area contributed by atoms with E-state index < -0.39 is 0 Å². The fraction of sp³-hybridized carbons (Fsp3) is 0.429. The Morgan fingerprint density at radius 3 is 1.33 bits per heavy atom. The lowest BCUT2D eigenvalue weighted by molar-refractivity contribution is -0.129. The monoisotopic (exact) mass is 488 g/mol. The second kappa shape index (κ2) is 10.7. The number of hydrogen-bond acceptors (Lipinski definition) is 6. The maximum atomic E-state index is 12.7. The van der Waals surface area contributed by atoms with E-state index in [2.05, 4.69) is 9.80 Å². The van der Waals surface area contributed by atoms with E-state index >= 15 is 0 Å². The summed E-state index contributed by atoms with van der Waals surface area (Å²) in [6.07, 6.45) is 2.12. The lowest BCUT2D eigenvalue weighted by Crippen LogP contribution is -2.48. The molecule has 5 rings (SSSR count). The topological polar surface area (TPSA) is 81.2 Å². The molecule has 0 N–H and O–H groups in total. The van der Waals surface area contributed by atoms with Gasteiger partial charge in [0.25, 0.3) is 11.8 Å². The van der Waals surface area contributed by atoms with Crippen molar-refractivity contribution in [3.63, 3.8) is 0 Å². The molecule has 0 saturated carbocycles. The van der Waals surface area contributed by atoms with E-state index in [1.165, 1.54) is 9.80 Å². The van der Waals surface area contributed by atoms with Crippen LogP contribution in [-0.4, -0.2) is 95.6 Å². The molecule has 3 aliphatic heterocycles. The van der Waals surface area contributed by atoms with Crippen LogP contribution in [0.5, 0.6) is 0 Å². The predicted molar refractivity (Wildman–Crippen MR) is 134 cm³/mol. The number of piperazine rings is 1. The number of carbonyl (C=O) groups is 4. The largest absolute Gasteiger partial charge is 0.301 e. The van der Waals surface area contributed by atoms with Crippen molar-refractivity contribution in [3.05, 3.63) is 70.8 Å². The first kappa shape index (κ1) is 24.3. The first-order valence-corrected chi connectivity index (χ1v) is 12.8. The van der Waals surface area contributed by atoms with Gasteiger partial charge in [-0.1, -0.05) is 36.4 Å². The molecule has 0 aromatic heterocycles. The SMILES string of the molecule is O=C1Cc2ccccc2C(=O)N1CCCN1CCN(CCCN2C(=O)Cc3ccccc3C2=O)CC1. The molecule has 188 valence electrons. The molecular weight excluding hydrogens is 456 g/mol. The Kier molecular flexibility index (Phi) is 7.25. The highest BCUT2D eigenvalue weighted by molar-refractivity contribution is 6.10. The van der Waals surface area contributed by atoms with Gasteiger partial charge in [0.1, 0.15) is 0 Å². The van der Waals surface area contributed by atoms with Crippen LogP contribution in [0.1, 0.15) is 44.7 Å². The van der Waals surface area contributed by atoms with E-state index in [1.54, 1.807) is 12.1 Å². The van der Waals surface area contributed by atoms with Crippen LogP contribution >= 0.6 is 0 Å². The van der Waals surface area contributed by atoms with Gasteiger partial charge < -0.3 is 9.80 Å². The van der Waals surface area contributed by atoms with Gasteiger partial charge in [-0.05, 0) is 49.2 Å². The van der Waals surface area contributed by atoms with Gasteiger partial charge in [-0.2, -0.15) is 0 Å². The van der Waals surface area contributed by atoms with Crippen molar-refractivity contribution >= 4 is 23.6 Å². The summed E-state index contributed by atoms with van der Waals surface area (Å²) in [6.45, 7) is 6.32. The fourth-order valence-electron chi connectivity index (χ4n) is 5.39. The number of carbonyl (C=O) groups excluding carboxylic acids is 4. The van der Waals surface area contributed by atoms with Crippen molar-refractivity contribution in [2.75, 3.05) is 52.4 Å². The number of imide groups is 2. The molecule has 0 atom stereocenters. The highest BCUT2D eigenvalue weighted by Crippen LogP contribution is 2.21. The number of amides is 4. The van der Waals surface area contributed by atoms with Crippen molar-refractivity contribution < 1.29 is 19.2 Å². The molecule has 3 aliphatic rings. The summed E-state index contributed by atoms with van der Waals surface area (Å²) in [4.78, 5) is 57.9. The van der Waals surface area contributed by atoms with Crippen molar-refractivity contribution in [2.24, 2.45) is 0 Å². The van der Waals surface area contributed by atoms with E-state index in [9.17, 15) is 19.2 Å². The lowest BCUT2D eigenvalue weighted by atomic mass is 9.98. The van der Waals surface area contributed by atoms with Crippen molar-refractivity contribution in [1.29, 1.82) is 0 Å². The molecule has 2 aromatic carbocycles. The second-order valence-corrected chi connectivity index (χ2v) is 9.76. The molecule has 0 unspecified atom stereocenters. The smallest absolute Gasteiger partial charge is 0.260 e. The minimum Gasteiger partial charge on any atom is -0.301 e. The first-order chi connectivity index (χ1) is 17.5. The van der Waals surface area contributed by atoms with Crippen LogP contribution in [0.4, 0.5) is 0 Å². The van der Waals surface area contributed by atoms with Gasteiger partial charge in [0, 0.05) is 50.4 Å². The number of hydrogen-bond donors (Lipinski definition) is 0. The van der Waals surface area contributed by atoms with Crippen molar-refractivity contribution in [1.82, 2.24) is 19.6 Å². The Morgan fingerprint density at radius 1 is 0.528 bits per heavy atom. The van der Waals surface area contributed by atoms with Gasteiger partial charge in [0.15, 0.2) is 0 Å². The molecule has 3 heterocycles. The van der Waals surface area contributed by atoms with Crippen LogP contribution in [0.3, 0.4) is 0 Å². The highest BCUT2D eigenvalue weighted by atomic mass is 16.2. The molecule has 0 aliphatic carbocycles. The zero-order valence-corrected chi connectivity index (χ0v) is 20.5. The Labute approximate surface area is 211 Å². The van der Waals surface area contributed by atoms with E-state index in [0.717, 1.165) is 63.2 Å². The van der Waals surface area contributed by atoms with E-state index in [-0.39, 0.29) is 23.6 Å². The lowest BCUT2D eigenvalue weighted by Gasteiger charge is -2.35. The van der Waals surface area contributed by atoms with Crippen LogP contribution in [0.25, 0.3) is 0 Å². The molecule has 2 aromatic rings. The zero-order chi connectivity index (χ0) is 25.1. The maximum Gasteiger partial charge on any atom is 0.260 e. The first-order valence-electron chi connectivity index (χ1n) is 12.8. The summed E-state index contributed by atoms with van der Waals surface area (Å²) < 4.78 is 0. The standard InChI is InChI=1S/C28H32N4O4/c33-25-19-21-7-1-3-9-23(21)27(35)31(25)13-5-11-29-15-17-30(18-16-29)12-6-14-32-26(34)20-22-8-2-4-10-24(22)28(32)36/h1-4,7-10H,5-6,11-20H2. The summed E-state index contributed by atoms with van der Waals surface area (Å²) in [5.74, 6) is -0.586. The summed E-state index contributed by atoms with van der Waals surface area (Å²) in [5, 5.41) is 0. The molecule has 8 heteroatoms. The third-order valence-electron chi connectivity index (χ3n) is 7.45. The predicted octanol–water partition coefficient (Wildman–Crippen LogP) is 1.83.